The molecule has 1 amide bonds. The Morgan fingerprint density at radius 2 is 1.93 bits per heavy atom. The van der Waals surface area contributed by atoms with Gasteiger partial charge in [0, 0.05) is 22.9 Å². The van der Waals surface area contributed by atoms with Crippen molar-refractivity contribution in [3.05, 3.63) is 51.5 Å². The SMILES string of the molecule is CCOc1cc2ncnc(Nc3ccc(F)c(Cl)c3)c2cc1NC(=O)Cn1nc(SCCP(=O)(OCC)OCC)sc1=S. The monoisotopic (exact) mass is 686 g/mol. The number of fused-ring (bicyclic) bond motifs is 1. The van der Waals surface area contributed by atoms with E-state index in [9.17, 15) is 13.8 Å². The van der Waals surface area contributed by atoms with Gasteiger partial charge in [-0.05, 0) is 57.3 Å². The van der Waals surface area contributed by atoms with Crippen molar-refractivity contribution < 1.29 is 27.5 Å². The molecule has 2 aromatic carbocycles. The van der Waals surface area contributed by atoms with Crippen molar-refractivity contribution in [2.24, 2.45) is 0 Å². The van der Waals surface area contributed by atoms with Gasteiger partial charge in [0.2, 0.25) is 5.91 Å². The zero-order valence-corrected chi connectivity index (χ0v) is 27.6. The van der Waals surface area contributed by atoms with Crippen LogP contribution in [0.5, 0.6) is 5.75 Å². The molecular weight excluding hydrogens is 658 g/mol. The molecule has 0 fully saturated rings. The largest absolute Gasteiger partial charge is 0.492 e. The number of rotatable bonds is 15. The lowest BCUT2D eigenvalue weighted by atomic mass is 10.1. The third kappa shape index (κ3) is 8.94. The van der Waals surface area contributed by atoms with E-state index in [1.54, 1.807) is 26.0 Å². The van der Waals surface area contributed by atoms with Gasteiger partial charge in [0.1, 0.15) is 30.3 Å². The molecule has 4 aromatic rings. The van der Waals surface area contributed by atoms with Gasteiger partial charge in [-0.1, -0.05) is 34.7 Å². The summed E-state index contributed by atoms with van der Waals surface area (Å²) >= 11 is 14.0. The smallest absolute Gasteiger partial charge is 0.331 e. The molecule has 2 aromatic heterocycles. The van der Waals surface area contributed by atoms with Crippen LogP contribution in [0.15, 0.2) is 41.0 Å². The fourth-order valence-electron chi connectivity index (χ4n) is 3.84. The number of nitrogens with one attached hydrogen (secondary N) is 2. The number of carbonyl (C=O) groups is 1. The lowest BCUT2D eigenvalue weighted by Crippen LogP contribution is -2.20. The van der Waals surface area contributed by atoms with Crippen LogP contribution in [0.4, 0.5) is 21.6 Å². The van der Waals surface area contributed by atoms with Gasteiger partial charge in [0.15, 0.2) is 8.29 Å². The molecule has 0 bridgehead atoms. The molecule has 0 radical (unpaired) electrons. The first-order valence-electron chi connectivity index (χ1n) is 13.2. The van der Waals surface area contributed by atoms with Crippen LogP contribution in [0.1, 0.15) is 20.8 Å². The van der Waals surface area contributed by atoms with E-state index in [4.69, 9.17) is 37.6 Å². The Labute approximate surface area is 266 Å². The lowest BCUT2D eigenvalue weighted by molar-refractivity contribution is -0.117. The number of nitrogens with zero attached hydrogens (tertiary/aromatic N) is 4. The summed E-state index contributed by atoms with van der Waals surface area (Å²) < 4.78 is 45.2. The zero-order chi connectivity index (χ0) is 31.0. The van der Waals surface area contributed by atoms with Crippen LogP contribution in [-0.4, -0.2) is 57.4 Å². The Bertz CT molecular complexity index is 1700. The second kappa shape index (κ2) is 15.4. The molecule has 0 saturated carbocycles. The molecule has 0 atom stereocenters. The van der Waals surface area contributed by atoms with Crippen molar-refractivity contribution in [3.8, 4) is 5.75 Å². The molecule has 2 N–H and O–H groups in total. The Kier molecular flexibility index (Phi) is 11.9. The van der Waals surface area contributed by atoms with E-state index >= 15 is 0 Å². The van der Waals surface area contributed by atoms with Gasteiger partial charge < -0.3 is 24.4 Å². The van der Waals surface area contributed by atoms with Crippen LogP contribution in [0, 0.1) is 9.77 Å². The summed E-state index contributed by atoms with van der Waals surface area (Å²) in [6.45, 7) is 6.16. The Morgan fingerprint density at radius 3 is 2.63 bits per heavy atom. The molecular formula is C26H29ClFN6O5PS3. The summed E-state index contributed by atoms with van der Waals surface area (Å²) in [6, 6.07) is 7.63. The highest BCUT2D eigenvalue weighted by Gasteiger charge is 2.23. The molecule has 11 nitrogen and oxygen atoms in total. The molecule has 2 heterocycles. The fourth-order valence-corrected chi connectivity index (χ4v) is 8.46. The maximum Gasteiger partial charge on any atom is 0.331 e. The van der Waals surface area contributed by atoms with Crippen molar-refractivity contribution in [2.45, 2.75) is 31.7 Å². The van der Waals surface area contributed by atoms with Gasteiger partial charge in [-0.3, -0.25) is 9.36 Å². The highest BCUT2D eigenvalue weighted by Crippen LogP contribution is 2.48. The van der Waals surface area contributed by atoms with Gasteiger partial charge in [-0.15, -0.1) is 0 Å². The third-order valence-electron chi connectivity index (χ3n) is 5.62. The third-order valence-corrected chi connectivity index (χ3v) is 10.7. The molecule has 0 aliphatic carbocycles. The van der Waals surface area contributed by atoms with Gasteiger partial charge in [0.05, 0.1) is 42.2 Å². The summed E-state index contributed by atoms with van der Waals surface area (Å²) in [6.07, 6.45) is 1.61. The summed E-state index contributed by atoms with van der Waals surface area (Å²) in [4.78, 5) is 21.8. The van der Waals surface area contributed by atoms with Gasteiger partial charge in [-0.25, -0.2) is 19.0 Å². The summed E-state index contributed by atoms with van der Waals surface area (Å²) in [7, 11) is -3.17. The predicted octanol–water partition coefficient (Wildman–Crippen LogP) is 7.55. The second-order valence-electron chi connectivity index (χ2n) is 8.63. The summed E-state index contributed by atoms with van der Waals surface area (Å²) in [5.41, 5.74) is 1.48. The van der Waals surface area contributed by atoms with Crippen LogP contribution >= 0.6 is 54.5 Å². The van der Waals surface area contributed by atoms with E-state index in [1.165, 1.54) is 52.3 Å². The summed E-state index contributed by atoms with van der Waals surface area (Å²) in [5, 5.41) is 11.0. The lowest BCUT2D eigenvalue weighted by Gasteiger charge is -2.16. The van der Waals surface area contributed by atoms with Gasteiger partial charge in [-0.2, -0.15) is 5.10 Å². The minimum absolute atomic E-state index is 0.0341. The topological polar surface area (TPSA) is 129 Å². The molecule has 0 spiro atoms. The molecule has 43 heavy (non-hydrogen) atoms. The van der Waals surface area contributed by atoms with Gasteiger partial charge >= 0.3 is 7.60 Å². The summed E-state index contributed by atoms with van der Waals surface area (Å²) in [5.74, 6) is 0.373. The van der Waals surface area contributed by atoms with E-state index < -0.39 is 13.4 Å². The Hall–Kier alpha value is -2.65. The molecule has 0 unspecified atom stereocenters. The van der Waals surface area contributed by atoms with Crippen LogP contribution < -0.4 is 15.4 Å². The molecule has 17 heteroatoms. The fraction of sp³-hybridized carbons (Fsp3) is 0.346. The average Bonchev–Trinajstić information content (AvgIpc) is 3.30. The van der Waals surface area contributed by atoms with E-state index in [2.05, 4.69) is 25.7 Å². The molecule has 0 saturated heterocycles. The van der Waals surface area contributed by atoms with Crippen molar-refractivity contribution in [3.63, 3.8) is 0 Å². The number of aromatic nitrogens is 4. The number of ether oxygens (including phenoxy) is 1. The first-order chi connectivity index (χ1) is 20.6. The normalized spacial score (nSPS) is 11.6. The molecule has 0 aliphatic heterocycles. The maximum absolute atomic E-state index is 13.6. The highest BCUT2D eigenvalue weighted by molar-refractivity contribution is 8.01. The number of hydrogen-bond acceptors (Lipinski definition) is 12. The van der Waals surface area contributed by atoms with Crippen LogP contribution in [0.3, 0.4) is 0 Å². The van der Waals surface area contributed by atoms with Crippen molar-refractivity contribution in [2.75, 3.05) is 42.4 Å². The zero-order valence-electron chi connectivity index (χ0n) is 23.5. The number of anilines is 3. The first-order valence-corrected chi connectivity index (χ1v) is 17.5. The van der Waals surface area contributed by atoms with Crippen molar-refractivity contribution >= 4 is 88.5 Å². The minimum Gasteiger partial charge on any atom is -0.492 e. The number of amides is 1. The number of halogens is 2. The van der Waals surface area contributed by atoms with Crippen LogP contribution in [0.2, 0.25) is 5.02 Å². The molecule has 230 valence electrons. The van der Waals surface area contributed by atoms with Crippen LogP contribution in [0.25, 0.3) is 10.9 Å². The van der Waals surface area contributed by atoms with E-state index in [1.807, 2.05) is 6.92 Å². The quantitative estimate of drug-likeness (QED) is 0.0730. The standard InChI is InChI=1S/C26H29ClFN6O5PS3/c1-4-37-22-13-20-17(24(30-15-29-20)31-16-7-8-19(28)18(27)11-16)12-21(22)32-23(35)14-34-26(41)43-25(33-34)42-10-9-40(36,38-5-2)39-6-3/h7-8,11-13,15H,4-6,9-10,14H2,1-3H3,(H,32,35)(H,29,30,31). The number of benzene rings is 2. The first kappa shape index (κ1) is 33.2. The van der Waals surface area contributed by atoms with E-state index in [0.717, 1.165) is 0 Å². The average molecular weight is 687 g/mol. The minimum atomic E-state index is -3.17. The van der Waals surface area contributed by atoms with E-state index in [-0.39, 0.29) is 23.6 Å². The Morgan fingerprint density at radius 1 is 1.16 bits per heavy atom. The van der Waals surface area contributed by atoms with E-state index in [0.29, 0.717) is 67.7 Å². The predicted molar refractivity (Wildman–Crippen MR) is 171 cm³/mol. The second-order valence-corrected chi connectivity index (χ2v) is 14.2. The van der Waals surface area contributed by atoms with Gasteiger partial charge in [0.25, 0.3) is 0 Å². The number of carbonyl (C=O) groups excluding carboxylic acids is 1. The van der Waals surface area contributed by atoms with Crippen molar-refractivity contribution in [1.82, 2.24) is 19.7 Å². The van der Waals surface area contributed by atoms with Crippen LogP contribution in [-0.2, 0) is 25.0 Å². The van der Waals surface area contributed by atoms with Crippen molar-refractivity contribution in [1.29, 1.82) is 0 Å². The highest BCUT2D eigenvalue weighted by atomic mass is 35.5. The molecule has 4 rings (SSSR count). The Balaban J connectivity index is 1.49. The maximum atomic E-state index is 13.6. The number of hydrogen-bond donors (Lipinski definition) is 2. The number of thioether (sulfide) groups is 1. The molecule has 0 aliphatic rings.